The fraction of sp³-hybridized carbons (Fsp3) is 0.176. The predicted molar refractivity (Wildman–Crippen MR) is 92.6 cm³/mol. The van der Waals surface area contributed by atoms with Crippen molar-refractivity contribution in [3.05, 3.63) is 52.5 Å². The standard InChI is InChI=1S/C17H17ClN2O4/c1-22-14-9-16(24-3)15(23-2)8-12(14)10-19-20-17(21)11-4-6-13(18)7-5-11/h4-10H,1-3H3,(H,20,21). The molecule has 7 heteroatoms. The molecule has 0 aromatic heterocycles. The van der Waals surface area contributed by atoms with Crippen molar-refractivity contribution in [3.8, 4) is 17.2 Å². The van der Waals surface area contributed by atoms with Crippen LogP contribution in [0.4, 0.5) is 0 Å². The van der Waals surface area contributed by atoms with E-state index in [9.17, 15) is 4.79 Å². The van der Waals surface area contributed by atoms with Crippen LogP contribution in [0.2, 0.25) is 5.02 Å². The van der Waals surface area contributed by atoms with Crippen molar-refractivity contribution in [2.24, 2.45) is 5.10 Å². The first kappa shape index (κ1) is 17.6. The third kappa shape index (κ3) is 4.17. The van der Waals surface area contributed by atoms with Gasteiger partial charge in [0.2, 0.25) is 0 Å². The monoisotopic (exact) mass is 348 g/mol. The van der Waals surface area contributed by atoms with Gasteiger partial charge in [-0.15, -0.1) is 0 Å². The number of benzene rings is 2. The Bertz CT molecular complexity index is 745. The number of methoxy groups -OCH3 is 3. The molecule has 0 aliphatic heterocycles. The van der Waals surface area contributed by atoms with Gasteiger partial charge in [0.1, 0.15) is 5.75 Å². The molecule has 126 valence electrons. The number of halogens is 1. The van der Waals surface area contributed by atoms with E-state index in [4.69, 9.17) is 25.8 Å². The molecule has 0 atom stereocenters. The summed E-state index contributed by atoms with van der Waals surface area (Å²) in [6.07, 6.45) is 1.47. The van der Waals surface area contributed by atoms with Gasteiger partial charge >= 0.3 is 0 Å². The normalized spacial score (nSPS) is 10.5. The van der Waals surface area contributed by atoms with Crippen LogP contribution in [0.1, 0.15) is 15.9 Å². The number of ether oxygens (including phenoxy) is 3. The fourth-order valence-corrected chi connectivity index (χ4v) is 2.11. The maximum absolute atomic E-state index is 12.0. The number of hydrogen-bond acceptors (Lipinski definition) is 5. The first-order chi connectivity index (χ1) is 11.6. The van der Waals surface area contributed by atoms with E-state index in [1.165, 1.54) is 27.5 Å². The van der Waals surface area contributed by atoms with Gasteiger partial charge in [-0.2, -0.15) is 5.10 Å². The van der Waals surface area contributed by atoms with Crippen molar-refractivity contribution in [1.29, 1.82) is 0 Å². The summed E-state index contributed by atoms with van der Waals surface area (Å²) in [5.74, 6) is 1.26. The first-order valence-electron chi connectivity index (χ1n) is 6.98. The summed E-state index contributed by atoms with van der Waals surface area (Å²) in [4.78, 5) is 12.0. The van der Waals surface area contributed by atoms with Crippen molar-refractivity contribution in [2.45, 2.75) is 0 Å². The lowest BCUT2D eigenvalue weighted by atomic mass is 10.2. The Kier molecular flexibility index (Phi) is 6.03. The maximum atomic E-state index is 12.0. The lowest BCUT2D eigenvalue weighted by molar-refractivity contribution is 0.0955. The third-order valence-electron chi connectivity index (χ3n) is 3.21. The molecular formula is C17H17ClN2O4. The Morgan fingerprint density at radius 1 is 1.00 bits per heavy atom. The summed E-state index contributed by atoms with van der Waals surface area (Å²) in [6, 6.07) is 9.89. The summed E-state index contributed by atoms with van der Waals surface area (Å²) >= 11 is 5.79. The molecule has 0 unspecified atom stereocenters. The average molecular weight is 349 g/mol. The minimum Gasteiger partial charge on any atom is -0.496 e. The molecule has 0 saturated heterocycles. The first-order valence-corrected chi connectivity index (χ1v) is 7.35. The Morgan fingerprint density at radius 2 is 1.58 bits per heavy atom. The van der Waals surface area contributed by atoms with Crippen molar-refractivity contribution >= 4 is 23.7 Å². The smallest absolute Gasteiger partial charge is 0.271 e. The van der Waals surface area contributed by atoms with Gasteiger partial charge in [0.05, 0.1) is 27.5 Å². The van der Waals surface area contributed by atoms with E-state index >= 15 is 0 Å². The second-order valence-corrected chi connectivity index (χ2v) is 5.09. The van der Waals surface area contributed by atoms with Crippen LogP contribution in [0.3, 0.4) is 0 Å². The van der Waals surface area contributed by atoms with Gasteiger partial charge in [0, 0.05) is 22.2 Å². The summed E-state index contributed by atoms with van der Waals surface area (Å²) < 4.78 is 15.7. The average Bonchev–Trinajstić information content (AvgIpc) is 2.61. The zero-order chi connectivity index (χ0) is 17.5. The second kappa shape index (κ2) is 8.21. The van der Waals surface area contributed by atoms with E-state index in [0.717, 1.165) is 0 Å². The van der Waals surface area contributed by atoms with Crippen LogP contribution < -0.4 is 19.6 Å². The summed E-state index contributed by atoms with van der Waals surface area (Å²) in [5, 5.41) is 4.51. The number of rotatable bonds is 6. The van der Waals surface area contributed by atoms with Crippen LogP contribution in [0.25, 0.3) is 0 Å². The Morgan fingerprint density at radius 3 is 2.17 bits per heavy atom. The number of nitrogens with one attached hydrogen (secondary N) is 1. The van der Waals surface area contributed by atoms with Gasteiger partial charge in [-0.25, -0.2) is 5.43 Å². The number of hydrazone groups is 1. The van der Waals surface area contributed by atoms with E-state index in [1.807, 2.05) is 0 Å². The third-order valence-corrected chi connectivity index (χ3v) is 3.46. The van der Waals surface area contributed by atoms with Gasteiger partial charge in [0.15, 0.2) is 11.5 Å². The van der Waals surface area contributed by atoms with Crippen molar-refractivity contribution in [2.75, 3.05) is 21.3 Å². The molecule has 2 aromatic rings. The Hall–Kier alpha value is -2.73. The topological polar surface area (TPSA) is 69.2 Å². The largest absolute Gasteiger partial charge is 0.496 e. The van der Waals surface area contributed by atoms with Crippen LogP contribution in [0.15, 0.2) is 41.5 Å². The molecular weight excluding hydrogens is 332 g/mol. The highest BCUT2D eigenvalue weighted by Gasteiger charge is 2.10. The molecule has 0 spiro atoms. The predicted octanol–water partition coefficient (Wildman–Crippen LogP) is 3.13. The molecule has 0 aliphatic carbocycles. The SMILES string of the molecule is COc1cc(OC)c(OC)cc1C=NNC(=O)c1ccc(Cl)cc1. The van der Waals surface area contributed by atoms with E-state index in [2.05, 4.69) is 10.5 Å². The molecule has 6 nitrogen and oxygen atoms in total. The molecule has 1 amide bonds. The van der Waals surface area contributed by atoms with Gasteiger partial charge in [-0.3, -0.25) is 4.79 Å². The van der Waals surface area contributed by atoms with Crippen LogP contribution in [-0.4, -0.2) is 33.5 Å². The Labute approximate surface area is 145 Å². The van der Waals surface area contributed by atoms with E-state index < -0.39 is 0 Å². The molecule has 2 aromatic carbocycles. The van der Waals surface area contributed by atoms with Crippen molar-refractivity contribution in [1.82, 2.24) is 5.43 Å². The number of hydrogen-bond donors (Lipinski definition) is 1. The van der Waals surface area contributed by atoms with E-state index in [1.54, 1.807) is 36.4 Å². The molecule has 0 bridgehead atoms. The molecule has 1 N–H and O–H groups in total. The van der Waals surface area contributed by atoms with Gasteiger partial charge in [0.25, 0.3) is 5.91 Å². The molecule has 2 rings (SSSR count). The summed E-state index contributed by atoms with van der Waals surface area (Å²) in [6.45, 7) is 0. The molecule has 0 aliphatic rings. The zero-order valence-electron chi connectivity index (χ0n) is 13.5. The highest BCUT2D eigenvalue weighted by molar-refractivity contribution is 6.30. The van der Waals surface area contributed by atoms with Gasteiger partial charge < -0.3 is 14.2 Å². The van der Waals surface area contributed by atoms with Crippen molar-refractivity contribution < 1.29 is 19.0 Å². The number of amides is 1. The lowest BCUT2D eigenvalue weighted by Crippen LogP contribution is -2.17. The number of nitrogens with zero attached hydrogens (tertiary/aromatic N) is 1. The van der Waals surface area contributed by atoms with Crippen LogP contribution in [-0.2, 0) is 0 Å². The number of carbonyl (C=O) groups excluding carboxylic acids is 1. The molecule has 0 saturated carbocycles. The molecule has 0 radical (unpaired) electrons. The van der Waals surface area contributed by atoms with Crippen molar-refractivity contribution in [3.63, 3.8) is 0 Å². The second-order valence-electron chi connectivity index (χ2n) is 4.66. The van der Waals surface area contributed by atoms with Gasteiger partial charge in [-0.1, -0.05) is 11.6 Å². The quantitative estimate of drug-likeness (QED) is 0.643. The highest BCUT2D eigenvalue weighted by atomic mass is 35.5. The van der Waals surface area contributed by atoms with Crippen LogP contribution in [0, 0.1) is 0 Å². The zero-order valence-corrected chi connectivity index (χ0v) is 14.3. The minimum absolute atomic E-state index is 0.345. The van der Waals surface area contributed by atoms with Crippen LogP contribution in [0.5, 0.6) is 17.2 Å². The molecule has 0 fully saturated rings. The number of carbonyl (C=O) groups is 1. The molecule has 0 heterocycles. The molecule has 24 heavy (non-hydrogen) atoms. The van der Waals surface area contributed by atoms with E-state index in [0.29, 0.717) is 33.4 Å². The lowest BCUT2D eigenvalue weighted by Gasteiger charge is -2.11. The van der Waals surface area contributed by atoms with Gasteiger partial charge in [-0.05, 0) is 30.3 Å². The minimum atomic E-state index is -0.345. The highest BCUT2D eigenvalue weighted by Crippen LogP contribution is 2.33. The summed E-state index contributed by atoms with van der Waals surface area (Å²) in [5.41, 5.74) is 3.53. The maximum Gasteiger partial charge on any atom is 0.271 e. The summed E-state index contributed by atoms with van der Waals surface area (Å²) in [7, 11) is 4.61. The van der Waals surface area contributed by atoms with E-state index in [-0.39, 0.29) is 5.91 Å². The van der Waals surface area contributed by atoms with Crippen LogP contribution >= 0.6 is 11.6 Å². The fourth-order valence-electron chi connectivity index (χ4n) is 1.98. The Balaban J connectivity index is 2.16.